The molecule has 1 aliphatic carbocycles. The quantitative estimate of drug-likeness (QED) is 0.889. The number of rotatable bonds is 4. The molecule has 0 saturated heterocycles. The maximum atomic E-state index is 13.5. The van der Waals surface area contributed by atoms with Gasteiger partial charge in [-0.15, -0.1) is 0 Å². The number of aliphatic hydroxyl groups is 1. The van der Waals surface area contributed by atoms with E-state index in [1.807, 2.05) is 0 Å². The van der Waals surface area contributed by atoms with Gasteiger partial charge in [0.05, 0.1) is 6.42 Å². The third kappa shape index (κ3) is 3.76. The molecule has 1 fully saturated rings. The third-order valence-corrected chi connectivity index (χ3v) is 3.85. The molecule has 2 N–H and O–H groups in total. The van der Waals surface area contributed by atoms with E-state index in [0.29, 0.717) is 0 Å². The Kier molecular flexibility index (Phi) is 5.06. The summed E-state index contributed by atoms with van der Waals surface area (Å²) in [6.45, 7) is 0.0409. The van der Waals surface area contributed by atoms with Crippen LogP contribution in [0.5, 0.6) is 0 Å². The van der Waals surface area contributed by atoms with Crippen LogP contribution in [-0.2, 0) is 11.2 Å². The molecule has 1 amide bonds. The Morgan fingerprint density at radius 2 is 2.05 bits per heavy atom. The summed E-state index contributed by atoms with van der Waals surface area (Å²) in [5.41, 5.74) is 0.0545. The molecule has 0 bridgehead atoms. The van der Waals surface area contributed by atoms with Gasteiger partial charge in [-0.2, -0.15) is 0 Å². The smallest absolute Gasteiger partial charge is 0.224 e. The Hall–Kier alpha value is -1.49. The highest BCUT2D eigenvalue weighted by atomic mass is 19.1. The van der Waals surface area contributed by atoms with Crippen molar-refractivity contribution in [3.63, 3.8) is 0 Å². The number of hydrogen-bond acceptors (Lipinski definition) is 2. The van der Waals surface area contributed by atoms with E-state index in [-0.39, 0.29) is 36.5 Å². The van der Waals surface area contributed by atoms with Crippen LogP contribution in [0, 0.1) is 17.6 Å². The molecular formula is C15H19F2NO2. The van der Waals surface area contributed by atoms with Gasteiger partial charge < -0.3 is 10.4 Å². The molecule has 0 heterocycles. The minimum atomic E-state index is -0.580. The first kappa shape index (κ1) is 14.9. The second-order valence-corrected chi connectivity index (χ2v) is 5.31. The van der Waals surface area contributed by atoms with Crippen LogP contribution in [0.3, 0.4) is 0 Å². The largest absolute Gasteiger partial charge is 0.396 e. The third-order valence-electron chi connectivity index (χ3n) is 3.85. The first-order valence-corrected chi connectivity index (χ1v) is 6.94. The van der Waals surface area contributed by atoms with Gasteiger partial charge in [0.25, 0.3) is 0 Å². The second kappa shape index (κ2) is 6.79. The summed E-state index contributed by atoms with van der Waals surface area (Å²) in [5.74, 6) is -1.41. The van der Waals surface area contributed by atoms with Crippen LogP contribution in [0.4, 0.5) is 8.78 Å². The van der Waals surface area contributed by atoms with E-state index in [2.05, 4.69) is 5.32 Å². The van der Waals surface area contributed by atoms with E-state index in [1.54, 1.807) is 0 Å². The Bertz CT molecular complexity index is 479. The number of halogens is 2. The lowest BCUT2D eigenvalue weighted by atomic mass is 9.85. The predicted octanol–water partition coefficient (Wildman–Crippen LogP) is 2.17. The summed E-state index contributed by atoms with van der Waals surface area (Å²) >= 11 is 0. The number of amides is 1. The zero-order valence-electron chi connectivity index (χ0n) is 11.2. The summed E-state index contributed by atoms with van der Waals surface area (Å²) in [6, 6.07) is 3.02. The lowest BCUT2D eigenvalue weighted by Crippen LogP contribution is -2.44. The number of hydrogen-bond donors (Lipinski definition) is 2. The van der Waals surface area contributed by atoms with Crippen molar-refractivity contribution < 1.29 is 18.7 Å². The molecule has 20 heavy (non-hydrogen) atoms. The molecule has 1 aliphatic rings. The zero-order valence-corrected chi connectivity index (χ0v) is 11.2. The van der Waals surface area contributed by atoms with Gasteiger partial charge >= 0.3 is 0 Å². The number of benzene rings is 1. The molecule has 2 unspecified atom stereocenters. The molecule has 1 aromatic rings. The maximum absolute atomic E-state index is 13.5. The normalized spacial score (nSPS) is 22.6. The molecule has 0 aliphatic heterocycles. The van der Waals surface area contributed by atoms with Crippen LogP contribution in [0.2, 0.25) is 0 Å². The standard InChI is InChI=1S/C15H19F2NO2/c16-12-5-6-13(17)11(7-12)8-15(20)18-14-4-2-1-3-10(14)9-19/h5-7,10,14,19H,1-4,8-9H2,(H,18,20). The number of carbonyl (C=O) groups is 1. The molecule has 5 heteroatoms. The fourth-order valence-electron chi connectivity index (χ4n) is 2.73. The lowest BCUT2D eigenvalue weighted by molar-refractivity contribution is -0.121. The monoisotopic (exact) mass is 283 g/mol. The van der Waals surface area contributed by atoms with Gasteiger partial charge in [0.15, 0.2) is 0 Å². The van der Waals surface area contributed by atoms with Crippen LogP contribution in [-0.4, -0.2) is 23.7 Å². The molecule has 1 saturated carbocycles. The molecule has 0 radical (unpaired) electrons. The van der Waals surface area contributed by atoms with Crippen LogP contribution in [0.1, 0.15) is 31.2 Å². The first-order chi connectivity index (χ1) is 9.60. The number of nitrogens with one attached hydrogen (secondary N) is 1. The van der Waals surface area contributed by atoms with Crippen LogP contribution >= 0.6 is 0 Å². The highest BCUT2D eigenvalue weighted by molar-refractivity contribution is 5.79. The van der Waals surface area contributed by atoms with E-state index in [1.165, 1.54) is 0 Å². The zero-order chi connectivity index (χ0) is 14.5. The molecule has 0 aromatic heterocycles. The van der Waals surface area contributed by atoms with E-state index in [4.69, 9.17) is 0 Å². The summed E-state index contributed by atoms with van der Waals surface area (Å²) in [7, 11) is 0. The Labute approximate surface area is 117 Å². The lowest BCUT2D eigenvalue weighted by Gasteiger charge is -2.30. The van der Waals surface area contributed by atoms with Gasteiger partial charge in [-0.05, 0) is 31.0 Å². The highest BCUT2D eigenvalue weighted by Gasteiger charge is 2.26. The summed E-state index contributed by atoms with van der Waals surface area (Å²) in [6.07, 6.45) is 3.59. The van der Waals surface area contributed by atoms with Crippen molar-refractivity contribution in [2.45, 2.75) is 38.1 Å². The molecule has 0 spiro atoms. The van der Waals surface area contributed by atoms with Crippen molar-refractivity contribution >= 4 is 5.91 Å². The molecular weight excluding hydrogens is 264 g/mol. The van der Waals surface area contributed by atoms with Crippen molar-refractivity contribution in [3.8, 4) is 0 Å². The minimum Gasteiger partial charge on any atom is -0.396 e. The SMILES string of the molecule is O=C(Cc1cc(F)ccc1F)NC1CCCCC1CO. The average Bonchev–Trinajstić information content (AvgIpc) is 2.43. The fraction of sp³-hybridized carbons (Fsp3) is 0.533. The first-order valence-electron chi connectivity index (χ1n) is 6.94. The molecule has 110 valence electrons. The molecule has 1 aromatic carbocycles. The van der Waals surface area contributed by atoms with Crippen LogP contribution < -0.4 is 5.32 Å². The summed E-state index contributed by atoms with van der Waals surface area (Å²) < 4.78 is 26.5. The molecule has 3 nitrogen and oxygen atoms in total. The van der Waals surface area contributed by atoms with Gasteiger partial charge in [-0.3, -0.25) is 4.79 Å². The van der Waals surface area contributed by atoms with Gasteiger partial charge in [0, 0.05) is 24.1 Å². The highest BCUT2D eigenvalue weighted by Crippen LogP contribution is 2.24. The van der Waals surface area contributed by atoms with E-state index < -0.39 is 11.6 Å². The maximum Gasteiger partial charge on any atom is 0.224 e. The van der Waals surface area contributed by atoms with Crippen molar-refractivity contribution in [1.29, 1.82) is 0 Å². The van der Waals surface area contributed by atoms with Crippen LogP contribution in [0.15, 0.2) is 18.2 Å². The fourth-order valence-corrected chi connectivity index (χ4v) is 2.73. The molecule has 2 rings (SSSR count). The number of carbonyl (C=O) groups excluding carboxylic acids is 1. The summed E-state index contributed by atoms with van der Waals surface area (Å²) in [4.78, 5) is 11.9. The van der Waals surface area contributed by atoms with E-state index >= 15 is 0 Å². The Balaban J connectivity index is 1.96. The van der Waals surface area contributed by atoms with Crippen molar-refractivity contribution in [2.75, 3.05) is 6.61 Å². The Morgan fingerprint density at radius 1 is 1.30 bits per heavy atom. The van der Waals surface area contributed by atoms with E-state index in [9.17, 15) is 18.7 Å². The number of aliphatic hydroxyl groups excluding tert-OH is 1. The topological polar surface area (TPSA) is 49.3 Å². The van der Waals surface area contributed by atoms with Gasteiger partial charge in [0.1, 0.15) is 11.6 Å². The predicted molar refractivity (Wildman–Crippen MR) is 71.0 cm³/mol. The Morgan fingerprint density at radius 3 is 2.80 bits per heavy atom. The van der Waals surface area contributed by atoms with E-state index in [0.717, 1.165) is 43.9 Å². The summed E-state index contributed by atoms with van der Waals surface area (Å²) in [5, 5.41) is 12.1. The van der Waals surface area contributed by atoms with Crippen molar-refractivity contribution in [2.24, 2.45) is 5.92 Å². The van der Waals surface area contributed by atoms with Gasteiger partial charge in [-0.1, -0.05) is 12.8 Å². The minimum absolute atomic E-state index is 0.0409. The average molecular weight is 283 g/mol. The van der Waals surface area contributed by atoms with Crippen LogP contribution in [0.25, 0.3) is 0 Å². The molecule has 2 atom stereocenters. The van der Waals surface area contributed by atoms with Gasteiger partial charge in [-0.25, -0.2) is 8.78 Å². The van der Waals surface area contributed by atoms with Gasteiger partial charge in [0.2, 0.25) is 5.91 Å². The second-order valence-electron chi connectivity index (χ2n) is 5.31. The van der Waals surface area contributed by atoms with Crippen molar-refractivity contribution in [1.82, 2.24) is 5.32 Å². The van der Waals surface area contributed by atoms with Crippen molar-refractivity contribution in [3.05, 3.63) is 35.4 Å².